The maximum absolute atomic E-state index is 5.78. The van der Waals surface area contributed by atoms with Crippen LogP contribution in [0.4, 0.5) is 0 Å². The van der Waals surface area contributed by atoms with Crippen molar-refractivity contribution in [2.75, 3.05) is 0 Å². The third-order valence-electron chi connectivity index (χ3n) is 1.43. The molecule has 0 amide bonds. The van der Waals surface area contributed by atoms with E-state index in [0.717, 1.165) is 18.5 Å². The minimum atomic E-state index is 0.219. The van der Waals surface area contributed by atoms with Crippen LogP contribution in [0.3, 0.4) is 0 Å². The number of rotatable bonds is 3. The van der Waals surface area contributed by atoms with Crippen LogP contribution in [-0.4, -0.2) is 15.6 Å². The maximum atomic E-state index is 5.78. The molecule has 0 bridgehead atoms. The first-order chi connectivity index (χ1) is 5.29. The number of alkyl halides is 1. The number of hydrogen-bond acceptors (Lipinski definition) is 2. The van der Waals surface area contributed by atoms with Gasteiger partial charge in [-0.2, -0.15) is 10.2 Å². The molecule has 0 saturated heterocycles. The average Bonchev–Trinajstić information content (AvgIpc) is 2.03. The summed E-state index contributed by atoms with van der Waals surface area (Å²) in [6.07, 6.45) is 3.55. The Bertz CT molecular complexity index is 199. The van der Waals surface area contributed by atoms with Crippen LogP contribution in [0.25, 0.3) is 0 Å². The summed E-state index contributed by atoms with van der Waals surface area (Å²) in [5, 5.41) is 7.93. The molecule has 11 heavy (non-hydrogen) atoms. The lowest BCUT2D eigenvalue weighted by Crippen LogP contribution is -1.97. The minimum Gasteiger partial charge on any atom is -0.159 e. The second kappa shape index (κ2) is 4.29. The Balaban J connectivity index is 2.39. The molecule has 2 nitrogen and oxygen atoms in total. The summed E-state index contributed by atoms with van der Waals surface area (Å²) >= 11 is 5.78. The van der Waals surface area contributed by atoms with Gasteiger partial charge in [0.2, 0.25) is 0 Å². The Morgan fingerprint density at radius 1 is 1.64 bits per heavy atom. The molecule has 0 aliphatic heterocycles. The zero-order valence-corrected chi connectivity index (χ0v) is 7.25. The van der Waals surface area contributed by atoms with Crippen LogP contribution < -0.4 is 0 Å². The Morgan fingerprint density at radius 3 is 3.00 bits per heavy atom. The van der Waals surface area contributed by atoms with Crippen LogP contribution in [0.15, 0.2) is 18.3 Å². The number of aryl methyl sites for hydroxylation is 1. The van der Waals surface area contributed by atoms with Gasteiger partial charge in [-0.05, 0) is 31.9 Å². The first kappa shape index (κ1) is 8.47. The van der Waals surface area contributed by atoms with Crippen molar-refractivity contribution in [3.63, 3.8) is 0 Å². The van der Waals surface area contributed by atoms with Crippen molar-refractivity contribution in [2.24, 2.45) is 0 Å². The fourth-order valence-electron chi connectivity index (χ4n) is 0.814. The second-order valence-electron chi connectivity index (χ2n) is 2.53. The van der Waals surface area contributed by atoms with Crippen molar-refractivity contribution in [1.82, 2.24) is 10.2 Å². The Kier molecular flexibility index (Phi) is 3.30. The van der Waals surface area contributed by atoms with E-state index in [4.69, 9.17) is 11.6 Å². The standard InChI is InChI=1S/C8H11ClN2/c1-7(9)4-5-8-3-2-6-10-11-8/h2-3,6-7H,4-5H2,1H3. The summed E-state index contributed by atoms with van der Waals surface area (Å²) < 4.78 is 0. The van der Waals surface area contributed by atoms with Crippen molar-refractivity contribution in [2.45, 2.75) is 25.1 Å². The topological polar surface area (TPSA) is 25.8 Å². The van der Waals surface area contributed by atoms with E-state index in [2.05, 4.69) is 10.2 Å². The second-order valence-corrected chi connectivity index (χ2v) is 3.28. The first-order valence-electron chi connectivity index (χ1n) is 3.69. The lowest BCUT2D eigenvalue weighted by atomic mass is 10.2. The highest BCUT2D eigenvalue weighted by atomic mass is 35.5. The number of halogens is 1. The average molecular weight is 171 g/mol. The van der Waals surface area contributed by atoms with Gasteiger partial charge in [0.25, 0.3) is 0 Å². The zero-order chi connectivity index (χ0) is 8.10. The summed E-state index contributed by atoms with van der Waals surface area (Å²) in [6.45, 7) is 1.98. The van der Waals surface area contributed by atoms with E-state index in [0.29, 0.717) is 0 Å². The van der Waals surface area contributed by atoms with Gasteiger partial charge in [0.15, 0.2) is 0 Å². The summed E-state index contributed by atoms with van der Waals surface area (Å²) in [4.78, 5) is 0. The molecular formula is C8H11ClN2. The van der Waals surface area contributed by atoms with E-state index < -0.39 is 0 Å². The Hall–Kier alpha value is -0.630. The van der Waals surface area contributed by atoms with Crippen molar-refractivity contribution < 1.29 is 0 Å². The van der Waals surface area contributed by atoms with Crippen LogP contribution in [-0.2, 0) is 6.42 Å². The van der Waals surface area contributed by atoms with Gasteiger partial charge in [0.05, 0.1) is 5.69 Å². The lowest BCUT2D eigenvalue weighted by molar-refractivity contribution is 0.766. The predicted octanol–water partition coefficient (Wildman–Crippen LogP) is 2.04. The molecule has 0 aliphatic carbocycles. The molecule has 0 spiro atoms. The minimum absolute atomic E-state index is 0.219. The molecule has 0 aromatic carbocycles. The van der Waals surface area contributed by atoms with E-state index in [1.165, 1.54) is 0 Å². The van der Waals surface area contributed by atoms with E-state index in [1.54, 1.807) is 6.20 Å². The van der Waals surface area contributed by atoms with E-state index in [9.17, 15) is 0 Å². The summed E-state index contributed by atoms with van der Waals surface area (Å²) in [5.41, 5.74) is 1.01. The number of aromatic nitrogens is 2. The molecule has 1 unspecified atom stereocenters. The van der Waals surface area contributed by atoms with Crippen molar-refractivity contribution in [3.8, 4) is 0 Å². The van der Waals surface area contributed by atoms with Crippen LogP contribution in [0.5, 0.6) is 0 Å². The third-order valence-corrected chi connectivity index (χ3v) is 1.64. The van der Waals surface area contributed by atoms with Gasteiger partial charge in [-0.25, -0.2) is 0 Å². The van der Waals surface area contributed by atoms with E-state index in [-0.39, 0.29) is 5.38 Å². The molecule has 1 aromatic heterocycles. The quantitative estimate of drug-likeness (QED) is 0.649. The summed E-state index contributed by atoms with van der Waals surface area (Å²) in [7, 11) is 0. The van der Waals surface area contributed by atoms with Crippen LogP contribution >= 0.6 is 11.6 Å². The van der Waals surface area contributed by atoms with Gasteiger partial charge in [-0.15, -0.1) is 11.6 Å². The highest BCUT2D eigenvalue weighted by Gasteiger charge is 1.98. The van der Waals surface area contributed by atoms with Crippen LogP contribution in [0.1, 0.15) is 19.0 Å². The predicted molar refractivity (Wildman–Crippen MR) is 45.7 cm³/mol. The van der Waals surface area contributed by atoms with E-state index in [1.807, 2.05) is 19.1 Å². The molecule has 3 heteroatoms. The monoisotopic (exact) mass is 170 g/mol. The lowest BCUT2D eigenvalue weighted by Gasteiger charge is -1.99. The molecule has 0 fully saturated rings. The smallest absolute Gasteiger partial charge is 0.0631 e. The molecule has 0 aliphatic rings. The molecule has 1 rings (SSSR count). The first-order valence-corrected chi connectivity index (χ1v) is 4.13. The van der Waals surface area contributed by atoms with Gasteiger partial charge in [-0.3, -0.25) is 0 Å². The van der Waals surface area contributed by atoms with Crippen molar-refractivity contribution in [3.05, 3.63) is 24.0 Å². The summed E-state index contributed by atoms with van der Waals surface area (Å²) in [6, 6.07) is 3.85. The normalized spacial score (nSPS) is 12.9. The molecular weight excluding hydrogens is 160 g/mol. The van der Waals surface area contributed by atoms with E-state index >= 15 is 0 Å². The molecule has 60 valence electrons. The SMILES string of the molecule is CC(Cl)CCc1cccnn1. The molecule has 1 atom stereocenters. The van der Waals surface area contributed by atoms with Crippen LogP contribution in [0, 0.1) is 0 Å². The molecule has 1 aromatic rings. The van der Waals surface area contributed by atoms with Gasteiger partial charge < -0.3 is 0 Å². The largest absolute Gasteiger partial charge is 0.159 e. The van der Waals surface area contributed by atoms with Gasteiger partial charge in [-0.1, -0.05) is 0 Å². The van der Waals surface area contributed by atoms with Crippen molar-refractivity contribution >= 4 is 11.6 Å². The molecule has 0 saturated carbocycles. The van der Waals surface area contributed by atoms with Gasteiger partial charge in [0.1, 0.15) is 0 Å². The molecule has 0 radical (unpaired) electrons. The Morgan fingerprint density at radius 2 is 2.45 bits per heavy atom. The fourth-order valence-corrected chi connectivity index (χ4v) is 0.923. The number of hydrogen-bond donors (Lipinski definition) is 0. The molecule has 0 N–H and O–H groups in total. The fraction of sp³-hybridized carbons (Fsp3) is 0.500. The highest BCUT2D eigenvalue weighted by molar-refractivity contribution is 6.20. The maximum Gasteiger partial charge on any atom is 0.0631 e. The third kappa shape index (κ3) is 3.33. The molecule has 1 heterocycles. The van der Waals surface area contributed by atoms with Crippen molar-refractivity contribution in [1.29, 1.82) is 0 Å². The van der Waals surface area contributed by atoms with Gasteiger partial charge in [0, 0.05) is 11.6 Å². The zero-order valence-electron chi connectivity index (χ0n) is 6.50. The summed E-state index contributed by atoms with van der Waals surface area (Å²) in [5.74, 6) is 0. The number of nitrogens with zero attached hydrogens (tertiary/aromatic N) is 2. The Labute approximate surface area is 71.6 Å². The highest BCUT2D eigenvalue weighted by Crippen LogP contribution is 2.04. The van der Waals surface area contributed by atoms with Gasteiger partial charge >= 0.3 is 0 Å². The van der Waals surface area contributed by atoms with Crippen LogP contribution in [0.2, 0.25) is 0 Å².